The van der Waals surface area contributed by atoms with E-state index >= 15 is 0 Å². The van der Waals surface area contributed by atoms with Crippen LogP contribution in [0, 0.1) is 13.8 Å². The number of halogens is 1. The summed E-state index contributed by atoms with van der Waals surface area (Å²) >= 11 is 6.34. The number of aryl methyl sites for hydroxylation is 2. The Balaban J connectivity index is 2.44. The van der Waals surface area contributed by atoms with Gasteiger partial charge in [0.1, 0.15) is 17.7 Å². The first-order chi connectivity index (χ1) is 16.3. The summed E-state index contributed by atoms with van der Waals surface area (Å²) in [4.78, 5) is 40.8. The van der Waals surface area contributed by atoms with Crippen molar-refractivity contribution in [2.24, 2.45) is 0 Å². The van der Waals surface area contributed by atoms with Crippen LogP contribution in [0.25, 0.3) is 0 Å². The molecule has 0 saturated heterocycles. The molecule has 2 unspecified atom stereocenters. The second-order valence-electron chi connectivity index (χ2n) is 9.38. The SMILES string of the molecule is C=CCN(C(=O)C(C)NC(=O)OC(C)(C)C)C(C(=O)Nc1c(C)cccc1Cl)c1cccc(C)c1. The molecule has 0 aromatic heterocycles. The number of nitrogens with one attached hydrogen (secondary N) is 2. The largest absolute Gasteiger partial charge is 0.444 e. The predicted molar refractivity (Wildman–Crippen MR) is 139 cm³/mol. The number of amides is 3. The molecule has 0 spiro atoms. The Bertz CT molecular complexity index is 1070. The molecular formula is C27H34ClN3O4. The summed E-state index contributed by atoms with van der Waals surface area (Å²) in [5.41, 5.74) is 2.09. The molecule has 0 fully saturated rings. The second kappa shape index (κ2) is 11.9. The molecule has 0 radical (unpaired) electrons. The zero-order chi connectivity index (χ0) is 26.3. The minimum absolute atomic E-state index is 0.0761. The van der Waals surface area contributed by atoms with Crippen molar-refractivity contribution in [2.75, 3.05) is 11.9 Å². The molecule has 0 aliphatic carbocycles. The summed E-state index contributed by atoms with van der Waals surface area (Å²) in [6.45, 7) is 14.3. The summed E-state index contributed by atoms with van der Waals surface area (Å²) in [7, 11) is 0. The maximum atomic E-state index is 13.7. The molecule has 2 rings (SSSR count). The Kier molecular flexibility index (Phi) is 9.48. The van der Waals surface area contributed by atoms with Gasteiger partial charge in [-0.1, -0.05) is 59.6 Å². The van der Waals surface area contributed by atoms with Crippen LogP contribution in [0.15, 0.2) is 55.1 Å². The lowest BCUT2D eigenvalue weighted by Gasteiger charge is -2.33. The molecule has 2 N–H and O–H groups in total. The van der Waals surface area contributed by atoms with Crippen molar-refractivity contribution in [3.8, 4) is 0 Å². The molecule has 188 valence electrons. The summed E-state index contributed by atoms with van der Waals surface area (Å²) in [5.74, 6) is -0.903. The normalized spacial score (nSPS) is 12.8. The molecule has 0 saturated carbocycles. The summed E-state index contributed by atoms with van der Waals surface area (Å²) < 4.78 is 5.28. The van der Waals surface area contributed by atoms with Crippen LogP contribution in [0.5, 0.6) is 0 Å². The van der Waals surface area contributed by atoms with Gasteiger partial charge in [-0.15, -0.1) is 6.58 Å². The van der Waals surface area contributed by atoms with Gasteiger partial charge < -0.3 is 20.3 Å². The third-order valence-corrected chi connectivity index (χ3v) is 5.42. The lowest BCUT2D eigenvalue weighted by Crippen LogP contribution is -2.51. The van der Waals surface area contributed by atoms with Crippen molar-refractivity contribution in [1.82, 2.24) is 10.2 Å². The summed E-state index contributed by atoms with van der Waals surface area (Å²) in [6, 6.07) is 10.7. The Labute approximate surface area is 212 Å². The minimum Gasteiger partial charge on any atom is -0.444 e. The molecular weight excluding hydrogens is 466 g/mol. The highest BCUT2D eigenvalue weighted by molar-refractivity contribution is 6.34. The molecule has 0 bridgehead atoms. The van der Waals surface area contributed by atoms with Crippen LogP contribution >= 0.6 is 11.6 Å². The van der Waals surface area contributed by atoms with E-state index in [1.807, 2.05) is 38.1 Å². The standard InChI is InChI=1S/C27H34ClN3O4/c1-8-15-31(25(33)19(4)29-26(34)35-27(5,6)7)23(20-13-9-11-17(2)16-20)24(32)30-22-18(3)12-10-14-21(22)28/h8-14,16,19,23H,1,15H2,2-7H3,(H,29,34)(H,30,32). The minimum atomic E-state index is -1.00. The molecule has 3 amide bonds. The maximum Gasteiger partial charge on any atom is 0.408 e. The molecule has 2 aromatic rings. The van der Waals surface area contributed by atoms with Gasteiger partial charge in [0.2, 0.25) is 5.91 Å². The molecule has 0 heterocycles. The number of hydrogen-bond acceptors (Lipinski definition) is 4. The van der Waals surface area contributed by atoms with Gasteiger partial charge in [-0.05, 0) is 58.7 Å². The Morgan fingerprint density at radius 3 is 2.37 bits per heavy atom. The number of carbonyl (C=O) groups is 3. The van der Waals surface area contributed by atoms with Crippen molar-refractivity contribution >= 4 is 35.2 Å². The van der Waals surface area contributed by atoms with E-state index in [1.54, 1.807) is 45.9 Å². The first-order valence-electron chi connectivity index (χ1n) is 11.4. The third kappa shape index (κ3) is 7.86. The van der Waals surface area contributed by atoms with Crippen LogP contribution in [-0.2, 0) is 14.3 Å². The Hall–Kier alpha value is -3.32. The Morgan fingerprint density at radius 2 is 1.80 bits per heavy atom. The molecule has 0 aliphatic heterocycles. The van der Waals surface area contributed by atoms with E-state index in [1.165, 1.54) is 11.0 Å². The summed E-state index contributed by atoms with van der Waals surface area (Å²) in [6.07, 6.45) is 0.815. The predicted octanol–water partition coefficient (Wildman–Crippen LogP) is 5.56. The number of nitrogens with zero attached hydrogens (tertiary/aromatic N) is 1. The number of rotatable bonds is 8. The molecule has 0 aliphatic rings. The van der Waals surface area contributed by atoms with Crippen molar-refractivity contribution in [2.45, 2.75) is 59.2 Å². The van der Waals surface area contributed by atoms with Crippen molar-refractivity contribution < 1.29 is 19.1 Å². The van der Waals surface area contributed by atoms with E-state index in [4.69, 9.17) is 16.3 Å². The lowest BCUT2D eigenvalue weighted by atomic mass is 10.0. The Morgan fingerprint density at radius 1 is 1.14 bits per heavy atom. The average Bonchev–Trinajstić information content (AvgIpc) is 2.74. The van der Waals surface area contributed by atoms with Gasteiger partial charge in [0, 0.05) is 6.54 Å². The molecule has 2 aromatic carbocycles. The molecule has 2 atom stereocenters. The lowest BCUT2D eigenvalue weighted by molar-refractivity contribution is -0.139. The summed E-state index contributed by atoms with van der Waals surface area (Å²) in [5, 5.41) is 5.84. The highest BCUT2D eigenvalue weighted by Gasteiger charge is 2.34. The first-order valence-corrected chi connectivity index (χ1v) is 11.7. The number of carbonyl (C=O) groups excluding carboxylic acids is 3. The van der Waals surface area contributed by atoms with Crippen molar-refractivity contribution in [1.29, 1.82) is 0 Å². The highest BCUT2D eigenvalue weighted by Crippen LogP contribution is 2.29. The zero-order valence-corrected chi connectivity index (χ0v) is 21.9. The number of alkyl carbamates (subject to hydrolysis) is 1. The quantitative estimate of drug-likeness (QED) is 0.465. The van der Waals surface area contributed by atoms with Crippen LogP contribution in [0.3, 0.4) is 0 Å². The number of para-hydroxylation sites is 1. The van der Waals surface area contributed by atoms with Crippen LogP contribution in [0.4, 0.5) is 10.5 Å². The van der Waals surface area contributed by atoms with Gasteiger partial charge in [0.05, 0.1) is 10.7 Å². The van der Waals surface area contributed by atoms with Crippen LogP contribution < -0.4 is 10.6 Å². The topological polar surface area (TPSA) is 87.7 Å². The van der Waals surface area contributed by atoms with Crippen LogP contribution in [0.2, 0.25) is 5.02 Å². The van der Waals surface area contributed by atoms with Gasteiger partial charge in [-0.2, -0.15) is 0 Å². The average molecular weight is 500 g/mol. The maximum absolute atomic E-state index is 13.7. The van der Waals surface area contributed by atoms with E-state index in [9.17, 15) is 14.4 Å². The van der Waals surface area contributed by atoms with E-state index in [-0.39, 0.29) is 6.54 Å². The van der Waals surface area contributed by atoms with E-state index in [2.05, 4.69) is 17.2 Å². The van der Waals surface area contributed by atoms with E-state index < -0.39 is 35.6 Å². The number of anilines is 1. The smallest absolute Gasteiger partial charge is 0.408 e. The fourth-order valence-corrected chi connectivity index (χ4v) is 3.82. The highest BCUT2D eigenvalue weighted by atomic mass is 35.5. The number of ether oxygens (including phenoxy) is 1. The van der Waals surface area contributed by atoms with Gasteiger partial charge in [0.15, 0.2) is 0 Å². The zero-order valence-electron chi connectivity index (χ0n) is 21.1. The van der Waals surface area contributed by atoms with Gasteiger partial charge in [-0.25, -0.2) is 4.79 Å². The van der Waals surface area contributed by atoms with E-state index in [0.717, 1.165) is 11.1 Å². The third-order valence-electron chi connectivity index (χ3n) is 5.10. The van der Waals surface area contributed by atoms with E-state index in [0.29, 0.717) is 16.3 Å². The van der Waals surface area contributed by atoms with Gasteiger partial charge in [0.25, 0.3) is 5.91 Å². The molecule has 7 nitrogen and oxygen atoms in total. The van der Waals surface area contributed by atoms with Crippen LogP contribution in [-0.4, -0.2) is 41.0 Å². The van der Waals surface area contributed by atoms with Crippen molar-refractivity contribution in [3.63, 3.8) is 0 Å². The monoisotopic (exact) mass is 499 g/mol. The molecule has 8 heteroatoms. The van der Waals surface area contributed by atoms with Gasteiger partial charge >= 0.3 is 6.09 Å². The second-order valence-corrected chi connectivity index (χ2v) is 9.79. The van der Waals surface area contributed by atoms with Gasteiger partial charge in [-0.3, -0.25) is 9.59 Å². The molecule has 35 heavy (non-hydrogen) atoms. The number of benzene rings is 2. The first kappa shape index (κ1) is 27.9. The van der Waals surface area contributed by atoms with Crippen molar-refractivity contribution in [3.05, 3.63) is 76.8 Å². The fraction of sp³-hybridized carbons (Fsp3) is 0.370. The fourth-order valence-electron chi connectivity index (χ4n) is 3.55. The number of hydrogen-bond donors (Lipinski definition) is 2. The van der Waals surface area contributed by atoms with Crippen LogP contribution in [0.1, 0.15) is 50.4 Å².